The molecule has 0 radical (unpaired) electrons. The molecule has 1 unspecified atom stereocenters. The van der Waals surface area contributed by atoms with Crippen molar-refractivity contribution in [3.05, 3.63) is 29.8 Å². The Kier molecular flexibility index (Phi) is 9.11. The average Bonchev–Trinajstić information content (AvgIpc) is 2.49. The second kappa shape index (κ2) is 10.6. The van der Waals surface area contributed by atoms with Crippen LogP contribution in [0, 0.1) is 5.92 Å². The molecule has 0 fully saturated rings. The van der Waals surface area contributed by atoms with Crippen LogP contribution in [0.3, 0.4) is 0 Å². The minimum Gasteiger partial charge on any atom is -0.497 e. The Labute approximate surface area is 130 Å². The SMILES string of the molecule is COCCCCC(CNC(C)C)Cc1ccc(OC)cc1. The Bertz CT molecular complexity index is 362. The first-order chi connectivity index (χ1) is 10.2. The van der Waals surface area contributed by atoms with Gasteiger partial charge in [0, 0.05) is 19.8 Å². The highest BCUT2D eigenvalue weighted by molar-refractivity contribution is 5.27. The zero-order chi connectivity index (χ0) is 15.5. The van der Waals surface area contributed by atoms with Crippen molar-refractivity contribution in [2.75, 3.05) is 27.4 Å². The number of unbranched alkanes of at least 4 members (excludes halogenated alkanes) is 1. The molecule has 0 aliphatic heterocycles. The minimum absolute atomic E-state index is 0.544. The molecular formula is C18H31NO2. The minimum atomic E-state index is 0.544. The highest BCUT2D eigenvalue weighted by Crippen LogP contribution is 2.18. The lowest BCUT2D eigenvalue weighted by molar-refractivity contribution is 0.190. The fraction of sp³-hybridized carbons (Fsp3) is 0.667. The molecule has 21 heavy (non-hydrogen) atoms. The number of hydrogen-bond donors (Lipinski definition) is 1. The molecule has 0 heterocycles. The van der Waals surface area contributed by atoms with Gasteiger partial charge in [0.15, 0.2) is 0 Å². The zero-order valence-electron chi connectivity index (χ0n) is 14.0. The van der Waals surface area contributed by atoms with Crippen LogP contribution in [0.5, 0.6) is 5.75 Å². The quantitative estimate of drug-likeness (QED) is 0.632. The second-order valence-electron chi connectivity index (χ2n) is 5.97. The van der Waals surface area contributed by atoms with Gasteiger partial charge in [-0.1, -0.05) is 32.4 Å². The predicted molar refractivity (Wildman–Crippen MR) is 89.1 cm³/mol. The normalized spacial score (nSPS) is 12.6. The lowest BCUT2D eigenvalue weighted by Crippen LogP contribution is -2.30. The lowest BCUT2D eigenvalue weighted by atomic mass is 9.93. The van der Waals surface area contributed by atoms with E-state index < -0.39 is 0 Å². The van der Waals surface area contributed by atoms with E-state index in [-0.39, 0.29) is 0 Å². The Morgan fingerprint density at radius 3 is 2.33 bits per heavy atom. The van der Waals surface area contributed by atoms with Gasteiger partial charge in [-0.3, -0.25) is 0 Å². The van der Waals surface area contributed by atoms with Gasteiger partial charge >= 0.3 is 0 Å². The summed E-state index contributed by atoms with van der Waals surface area (Å²) in [6, 6.07) is 9.00. The van der Waals surface area contributed by atoms with Crippen LogP contribution in [-0.4, -0.2) is 33.4 Å². The summed E-state index contributed by atoms with van der Waals surface area (Å²) in [7, 11) is 3.48. The van der Waals surface area contributed by atoms with E-state index in [0.717, 1.165) is 31.7 Å². The summed E-state index contributed by atoms with van der Waals surface area (Å²) in [5.41, 5.74) is 1.39. The van der Waals surface area contributed by atoms with Gasteiger partial charge in [0.1, 0.15) is 5.75 Å². The molecule has 120 valence electrons. The molecule has 0 aliphatic carbocycles. The molecule has 0 aromatic heterocycles. The number of ether oxygens (including phenoxy) is 2. The first kappa shape index (κ1) is 18.0. The maximum atomic E-state index is 5.22. The van der Waals surface area contributed by atoms with Crippen molar-refractivity contribution < 1.29 is 9.47 Å². The third kappa shape index (κ3) is 8.08. The van der Waals surface area contributed by atoms with Crippen molar-refractivity contribution in [2.45, 2.75) is 45.6 Å². The van der Waals surface area contributed by atoms with Crippen LogP contribution < -0.4 is 10.1 Å². The Hall–Kier alpha value is -1.06. The summed E-state index contributed by atoms with van der Waals surface area (Å²) in [5, 5.41) is 3.57. The van der Waals surface area contributed by atoms with E-state index in [2.05, 4.69) is 31.3 Å². The Morgan fingerprint density at radius 1 is 1.05 bits per heavy atom. The van der Waals surface area contributed by atoms with Crippen molar-refractivity contribution in [1.82, 2.24) is 5.32 Å². The van der Waals surface area contributed by atoms with Crippen LogP contribution in [-0.2, 0) is 11.2 Å². The third-order valence-electron chi connectivity index (χ3n) is 3.71. The van der Waals surface area contributed by atoms with Crippen molar-refractivity contribution in [1.29, 1.82) is 0 Å². The molecule has 3 nitrogen and oxygen atoms in total. The highest BCUT2D eigenvalue weighted by Gasteiger charge is 2.10. The molecule has 3 heteroatoms. The van der Waals surface area contributed by atoms with Crippen LogP contribution in [0.1, 0.15) is 38.7 Å². The summed E-state index contributed by atoms with van der Waals surface area (Å²) in [6.07, 6.45) is 4.75. The van der Waals surface area contributed by atoms with Crippen LogP contribution in [0.15, 0.2) is 24.3 Å². The molecule has 0 saturated carbocycles. The molecule has 0 saturated heterocycles. The summed E-state index contributed by atoms with van der Waals surface area (Å²) >= 11 is 0. The number of methoxy groups -OCH3 is 2. The Balaban J connectivity index is 2.48. The molecule has 0 spiro atoms. The van der Waals surface area contributed by atoms with E-state index in [0.29, 0.717) is 12.0 Å². The molecule has 1 N–H and O–H groups in total. The smallest absolute Gasteiger partial charge is 0.118 e. The maximum Gasteiger partial charge on any atom is 0.118 e. The van der Waals surface area contributed by atoms with Crippen LogP contribution in [0.4, 0.5) is 0 Å². The zero-order valence-corrected chi connectivity index (χ0v) is 14.0. The van der Waals surface area contributed by atoms with Gasteiger partial charge in [-0.05, 0) is 49.4 Å². The molecule has 1 rings (SSSR count). The van der Waals surface area contributed by atoms with E-state index in [1.165, 1.54) is 18.4 Å². The monoisotopic (exact) mass is 293 g/mol. The fourth-order valence-corrected chi connectivity index (χ4v) is 2.45. The predicted octanol–water partition coefficient (Wildman–Crippen LogP) is 3.67. The first-order valence-electron chi connectivity index (χ1n) is 8.01. The molecule has 1 atom stereocenters. The van der Waals surface area contributed by atoms with Gasteiger partial charge in [0.25, 0.3) is 0 Å². The van der Waals surface area contributed by atoms with E-state index in [1.54, 1.807) is 14.2 Å². The van der Waals surface area contributed by atoms with E-state index in [4.69, 9.17) is 9.47 Å². The van der Waals surface area contributed by atoms with Crippen LogP contribution >= 0.6 is 0 Å². The van der Waals surface area contributed by atoms with Crippen LogP contribution in [0.2, 0.25) is 0 Å². The van der Waals surface area contributed by atoms with E-state index in [9.17, 15) is 0 Å². The third-order valence-corrected chi connectivity index (χ3v) is 3.71. The largest absolute Gasteiger partial charge is 0.497 e. The number of hydrogen-bond acceptors (Lipinski definition) is 3. The Morgan fingerprint density at radius 2 is 1.76 bits per heavy atom. The van der Waals surface area contributed by atoms with Crippen molar-refractivity contribution in [3.8, 4) is 5.75 Å². The summed E-state index contributed by atoms with van der Waals surface area (Å²) in [4.78, 5) is 0. The van der Waals surface area contributed by atoms with Gasteiger partial charge in [0.2, 0.25) is 0 Å². The van der Waals surface area contributed by atoms with Crippen LogP contribution in [0.25, 0.3) is 0 Å². The molecule has 0 bridgehead atoms. The van der Waals surface area contributed by atoms with Gasteiger partial charge in [-0.2, -0.15) is 0 Å². The fourth-order valence-electron chi connectivity index (χ4n) is 2.45. The summed E-state index contributed by atoms with van der Waals surface area (Å²) in [6.45, 7) is 6.36. The summed E-state index contributed by atoms with van der Waals surface area (Å²) in [5.74, 6) is 1.60. The lowest BCUT2D eigenvalue weighted by Gasteiger charge is -2.19. The van der Waals surface area contributed by atoms with E-state index in [1.807, 2.05) is 12.1 Å². The number of rotatable bonds is 11. The van der Waals surface area contributed by atoms with Crippen molar-refractivity contribution in [2.24, 2.45) is 5.92 Å². The van der Waals surface area contributed by atoms with E-state index >= 15 is 0 Å². The second-order valence-corrected chi connectivity index (χ2v) is 5.97. The maximum absolute atomic E-state index is 5.22. The van der Waals surface area contributed by atoms with Crippen molar-refractivity contribution >= 4 is 0 Å². The molecular weight excluding hydrogens is 262 g/mol. The average molecular weight is 293 g/mol. The number of nitrogens with one attached hydrogen (secondary N) is 1. The topological polar surface area (TPSA) is 30.5 Å². The highest BCUT2D eigenvalue weighted by atomic mass is 16.5. The molecule has 0 aliphatic rings. The van der Waals surface area contributed by atoms with Gasteiger partial charge in [-0.25, -0.2) is 0 Å². The molecule has 1 aromatic carbocycles. The first-order valence-corrected chi connectivity index (χ1v) is 8.01. The standard InChI is InChI=1S/C18H31NO2/c1-15(2)19-14-17(7-5-6-12-20-3)13-16-8-10-18(21-4)11-9-16/h8-11,15,17,19H,5-7,12-14H2,1-4H3. The van der Waals surface area contributed by atoms with Gasteiger partial charge in [-0.15, -0.1) is 0 Å². The summed E-state index contributed by atoms with van der Waals surface area (Å²) < 4.78 is 10.4. The number of benzene rings is 1. The van der Waals surface area contributed by atoms with Crippen molar-refractivity contribution in [3.63, 3.8) is 0 Å². The molecule has 0 amide bonds. The molecule has 1 aromatic rings. The van der Waals surface area contributed by atoms with Gasteiger partial charge in [0.05, 0.1) is 7.11 Å². The van der Waals surface area contributed by atoms with Gasteiger partial charge < -0.3 is 14.8 Å².